The van der Waals surface area contributed by atoms with Crippen molar-refractivity contribution in [3.63, 3.8) is 0 Å². The highest BCUT2D eigenvalue weighted by molar-refractivity contribution is 5.90. The molecule has 0 heterocycles. The van der Waals surface area contributed by atoms with Gasteiger partial charge < -0.3 is 14.8 Å². The first kappa shape index (κ1) is 19.2. The lowest BCUT2D eigenvalue weighted by molar-refractivity contribution is -0.150. The maximum atomic E-state index is 12.6. The van der Waals surface area contributed by atoms with Gasteiger partial charge in [0.15, 0.2) is 0 Å². The molecule has 2 aliphatic carbocycles. The third kappa shape index (κ3) is 3.50. The van der Waals surface area contributed by atoms with Crippen molar-refractivity contribution in [2.45, 2.75) is 37.1 Å². The first-order chi connectivity index (χ1) is 14.0. The Labute approximate surface area is 169 Å². The zero-order chi connectivity index (χ0) is 20.4. The molecule has 2 aromatic carbocycles. The van der Waals surface area contributed by atoms with Gasteiger partial charge in [-0.3, -0.25) is 4.79 Å². The Morgan fingerprint density at radius 3 is 2.10 bits per heavy atom. The summed E-state index contributed by atoms with van der Waals surface area (Å²) in [7, 11) is 1.28. The van der Waals surface area contributed by atoms with E-state index in [1.165, 1.54) is 7.11 Å². The molecule has 0 unspecified atom stereocenters. The molecule has 0 aromatic heterocycles. The monoisotopic (exact) mass is 393 g/mol. The van der Waals surface area contributed by atoms with Crippen LogP contribution in [0.25, 0.3) is 11.1 Å². The summed E-state index contributed by atoms with van der Waals surface area (Å²) in [6.45, 7) is 0.163. The second-order valence-corrected chi connectivity index (χ2v) is 7.56. The smallest absolute Gasteiger partial charge is 0.408 e. The summed E-state index contributed by atoms with van der Waals surface area (Å²) in [5, 5.41) is 2.69. The summed E-state index contributed by atoms with van der Waals surface area (Å²) in [5.41, 5.74) is 3.33. The van der Waals surface area contributed by atoms with Crippen LogP contribution in [0.1, 0.15) is 42.7 Å². The topological polar surface area (TPSA) is 81.7 Å². The van der Waals surface area contributed by atoms with E-state index in [0.29, 0.717) is 0 Å². The second kappa shape index (κ2) is 7.70. The van der Waals surface area contributed by atoms with Crippen molar-refractivity contribution >= 4 is 17.8 Å². The molecule has 1 saturated carbocycles. The number of hydrogen-bond donors (Lipinski definition) is 1. The first-order valence-corrected chi connectivity index (χ1v) is 9.77. The Morgan fingerprint density at radius 1 is 1.00 bits per heavy atom. The summed E-state index contributed by atoms with van der Waals surface area (Å²) in [6, 6.07) is 16.2. The minimum atomic E-state index is -1.20. The van der Waals surface area contributed by atoms with Gasteiger partial charge in [0.1, 0.15) is 17.9 Å². The van der Waals surface area contributed by atoms with Crippen molar-refractivity contribution in [3.8, 4) is 11.1 Å². The number of fused-ring (bicyclic) bond motifs is 3. The largest absolute Gasteiger partial charge is 0.467 e. The van der Waals surface area contributed by atoms with E-state index in [4.69, 9.17) is 9.47 Å². The zero-order valence-corrected chi connectivity index (χ0v) is 16.3. The van der Waals surface area contributed by atoms with Crippen LogP contribution < -0.4 is 5.32 Å². The maximum Gasteiger partial charge on any atom is 0.408 e. The molecule has 0 atom stereocenters. The molecule has 1 amide bonds. The van der Waals surface area contributed by atoms with Crippen LogP contribution in [0.3, 0.4) is 0 Å². The van der Waals surface area contributed by atoms with E-state index in [0.717, 1.165) is 22.3 Å². The number of carbonyl (C=O) groups excluding carboxylic acids is 3. The summed E-state index contributed by atoms with van der Waals surface area (Å²) in [5.74, 6) is -0.521. The molecule has 0 aliphatic heterocycles. The van der Waals surface area contributed by atoms with Gasteiger partial charge in [0, 0.05) is 18.8 Å². The van der Waals surface area contributed by atoms with Gasteiger partial charge in [0.25, 0.3) is 0 Å². The zero-order valence-electron chi connectivity index (χ0n) is 16.3. The molecule has 0 bridgehead atoms. The summed E-state index contributed by atoms with van der Waals surface area (Å²) in [6.07, 6.45) is 0.245. The first-order valence-electron chi connectivity index (χ1n) is 9.77. The van der Waals surface area contributed by atoms with Crippen molar-refractivity contribution in [1.29, 1.82) is 0 Å². The van der Waals surface area contributed by atoms with Gasteiger partial charge in [-0.25, -0.2) is 9.59 Å². The Hall–Kier alpha value is -3.15. The number of hydrogen-bond acceptors (Lipinski definition) is 5. The third-order valence-electron chi connectivity index (χ3n) is 5.92. The number of Topliss-reactive ketones (excluding diaryl/α,β-unsaturated/α-hetero) is 1. The van der Waals surface area contributed by atoms with E-state index in [9.17, 15) is 14.4 Å². The highest BCUT2D eigenvalue weighted by Crippen LogP contribution is 2.44. The molecule has 29 heavy (non-hydrogen) atoms. The standard InChI is InChI=1S/C23H23NO5/c1-28-21(26)23(12-10-15(25)11-13-23)24-22(27)29-14-20-18-8-4-2-6-16(18)17-7-3-5-9-19(17)20/h2-9,20H,10-14H2,1H3,(H,24,27). The number of benzene rings is 2. The predicted octanol–water partition coefficient (Wildman–Crippen LogP) is 3.58. The lowest BCUT2D eigenvalue weighted by atomic mass is 9.81. The van der Waals surface area contributed by atoms with Crippen LogP contribution in [0.4, 0.5) is 4.79 Å². The van der Waals surface area contributed by atoms with Gasteiger partial charge in [0.2, 0.25) is 0 Å². The number of nitrogens with one attached hydrogen (secondary N) is 1. The van der Waals surface area contributed by atoms with Crippen LogP contribution in [0.15, 0.2) is 48.5 Å². The lowest BCUT2D eigenvalue weighted by Gasteiger charge is -2.34. The van der Waals surface area contributed by atoms with Crippen LogP contribution >= 0.6 is 0 Å². The summed E-state index contributed by atoms with van der Waals surface area (Å²) in [4.78, 5) is 36.5. The van der Waals surface area contributed by atoms with Gasteiger partial charge in [-0.1, -0.05) is 48.5 Å². The van der Waals surface area contributed by atoms with Gasteiger partial charge >= 0.3 is 12.1 Å². The van der Waals surface area contributed by atoms with Crippen LogP contribution in [0.2, 0.25) is 0 Å². The number of methoxy groups -OCH3 is 1. The molecule has 6 nitrogen and oxygen atoms in total. The normalized spacial score (nSPS) is 17.2. The number of rotatable bonds is 4. The third-order valence-corrected chi connectivity index (χ3v) is 5.92. The molecule has 2 aromatic rings. The van der Waals surface area contributed by atoms with Gasteiger partial charge in [0.05, 0.1) is 7.11 Å². The average Bonchev–Trinajstić information content (AvgIpc) is 3.07. The molecule has 6 heteroatoms. The van der Waals surface area contributed by atoms with Crippen molar-refractivity contribution in [2.24, 2.45) is 0 Å². The summed E-state index contributed by atoms with van der Waals surface area (Å²) < 4.78 is 10.4. The highest BCUT2D eigenvalue weighted by Gasteiger charge is 2.44. The van der Waals surface area contributed by atoms with Crippen molar-refractivity contribution in [2.75, 3.05) is 13.7 Å². The Bertz CT molecular complexity index is 912. The molecule has 1 fully saturated rings. The Balaban J connectivity index is 1.48. The van der Waals surface area contributed by atoms with Crippen LogP contribution in [0.5, 0.6) is 0 Å². The fourth-order valence-corrected chi connectivity index (χ4v) is 4.36. The lowest BCUT2D eigenvalue weighted by Crippen LogP contribution is -2.57. The van der Waals surface area contributed by atoms with Gasteiger partial charge in [-0.15, -0.1) is 0 Å². The Morgan fingerprint density at radius 2 is 1.55 bits per heavy atom. The van der Waals surface area contributed by atoms with E-state index in [1.807, 2.05) is 36.4 Å². The quantitative estimate of drug-likeness (QED) is 0.803. The maximum absolute atomic E-state index is 12.6. The fraction of sp³-hybridized carbons (Fsp3) is 0.348. The minimum absolute atomic E-state index is 0.0600. The Kier molecular flexibility index (Phi) is 5.09. The molecule has 2 aliphatic rings. The number of ether oxygens (including phenoxy) is 2. The molecule has 150 valence electrons. The van der Waals surface area contributed by atoms with Crippen molar-refractivity contribution < 1.29 is 23.9 Å². The molecule has 0 radical (unpaired) electrons. The molecular weight excluding hydrogens is 370 g/mol. The van der Waals surface area contributed by atoms with Gasteiger partial charge in [-0.2, -0.15) is 0 Å². The van der Waals surface area contributed by atoms with Crippen LogP contribution in [-0.2, 0) is 19.1 Å². The average molecular weight is 393 g/mol. The molecule has 0 spiro atoms. The molecule has 4 rings (SSSR count). The van der Waals surface area contributed by atoms with E-state index in [-0.39, 0.29) is 44.0 Å². The van der Waals surface area contributed by atoms with E-state index >= 15 is 0 Å². The SMILES string of the molecule is COC(=O)C1(NC(=O)OCC2c3ccccc3-c3ccccc32)CCC(=O)CC1. The molecule has 0 saturated heterocycles. The molecular formula is C23H23NO5. The summed E-state index contributed by atoms with van der Waals surface area (Å²) >= 11 is 0. The van der Waals surface area contributed by atoms with Crippen LogP contribution in [-0.4, -0.2) is 37.1 Å². The minimum Gasteiger partial charge on any atom is -0.467 e. The number of esters is 1. The van der Waals surface area contributed by atoms with E-state index < -0.39 is 17.6 Å². The van der Waals surface area contributed by atoms with Gasteiger partial charge in [-0.05, 0) is 35.1 Å². The highest BCUT2D eigenvalue weighted by atomic mass is 16.6. The second-order valence-electron chi connectivity index (χ2n) is 7.56. The predicted molar refractivity (Wildman–Crippen MR) is 106 cm³/mol. The number of amides is 1. The van der Waals surface area contributed by atoms with Crippen molar-refractivity contribution in [3.05, 3.63) is 59.7 Å². The fourth-order valence-electron chi connectivity index (χ4n) is 4.36. The number of alkyl carbamates (subject to hydrolysis) is 1. The van der Waals surface area contributed by atoms with E-state index in [2.05, 4.69) is 17.4 Å². The van der Waals surface area contributed by atoms with E-state index in [1.54, 1.807) is 0 Å². The van der Waals surface area contributed by atoms with Crippen molar-refractivity contribution in [1.82, 2.24) is 5.32 Å². The number of ketones is 1. The molecule has 1 N–H and O–H groups in total. The van der Waals surface area contributed by atoms with Crippen LogP contribution in [0, 0.1) is 0 Å². The number of carbonyl (C=O) groups is 3.